The molecule has 2 rings (SSSR count). The van der Waals surface area contributed by atoms with Crippen molar-refractivity contribution in [2.45, 2.75) is 26.3 Å². The fourth-order valence-corrected chi connectivity index (χ4v) is 2.92. The van der Waals surface area contributed by atoms with Crippen molar-refractivity contribution < 1.29 is 4.79 Å². The predicted molar refractivity (Wildman–Crippen MR) is 99.5 cm³/mol. The van der Waals surface area contributed by atoms with E-state index in [1.807, 2.05) is 35.2 Å². The van der Waals surface area contributed by atoms with Crippen molar-refractivity contribution >= 4 is 17.6 Å². The summed E-state index contributed by atoms with van der Waals surface area (Å²) < 4.78 is 0. The van der Waals surface area contributed by atoms with E-state index in [2.05, 4.69) is 34.4 Å². The molecule has 0 radical (unpaired) electrons. The number of para-hydroxylation sites is 1. The topological polar surface area (TPSA) is 60.0 Å². The molecule has 0 saturated carbocycles. The van der Waals surface area contributed by atoms with E-state index >= 15 is 0 Å². The molecule has 1 aromatic rings. The van der Waals surface area contributed by atoms with Crippen LogP contribution in [0.3, 0.4) is 0 Å². The zero-order valence-corrected chi connectivity index (χ0v) is 15.0. The van der Waals surface area contributed by atoms with Crippen LogP contribution in [0.15, 0.2) is 35.3 Å². The summed E-state index contributed by atoms with van der Waals surface area (Å²) in [6, 6.07) is 9.89. The minimum absolute atomic E-state index is 0.0809. The van der Waals surface area contributed by atoms with Gasteiger partial charge in [-0.2, -0.15) is 0 Å². The highest BCUT2D eigenvalue weighted by Crippen LogP contribution is 2.20. The third-order valence-corrected chi connectivity index (χ3v) is 4.37. The summed E-state index contributed by atoms with van der Waals surface area (Å²) in [6.45, 7) is 8.91. The van der Waals surface area contributed by atoms with Gasteiger partial charge in [-0.15, -0.1) is 0 Å². The summed E-state index contributed by atoms with van der Waals surface area (Å²) in [6.07, 6.45) is 0.492. The number of carbonyl (C=O) groups is 1. The van der Waals surface area contributed by atoms with Gasteiger partial charge < -0.3 is 20.4 Å². The van der Waals surface area contributed by atoms with Crippen LogP contribution in [0.1, 0.15) is 20.3 Å². The maximum Gasteiger partial charge on any atom is 0.229 e. The van der Waals surface area contributed by atoms with Gasteiger partial charge in [-0.25, -0.2) is 0 Å². The Morgan fingerprint density at radius 3 is 2.62 bits per heavy atom. The highest BCUT2D eigenvalue weighted by Gasteiger charge is 2.30. The second-order valence-electron chi connectivity index (χ2n) is 5.91. The van der Waals surface area contributed by atoms with Crippen LogP contribution in [-0.4, -0.2) is 62.6 Å². The number of amides is 1. The monoisotopic (exact) mass is 331 g/mol. The zero-order chi connectivity index (χ0) is 17.4. The van der Waals surface area contributed by atoms with Gasteiger partial charge in [0.25, 0.3) is 0 Å². The van der Waals surface area contributed by atoms with Crippen LogP contribution in [0.4, 0.5) is 5.69 Å². The number of anilines is 1. The van der Waals surface area contributed by atoms with Crippen LogP contribution in [0.5, 0.6) is 0 Å². The van der Waals surface area contributed by atoms with E-state index in [-0.39, 0.29) is 11.9 Å². The third-order valence-electron chi connectivity index (χ3n) is 4.37. The molecule has 1 aliphatic rings. The van der Waals surface area contributed by atoms with Crippen molar-refractivity contribution in [3.05, 3.63) is 30.3 Å². The van der Waals surface area contributed by atoms with Gasteiger partial charge in [-0.3, -0.25) is 9.79 Å². The Hall–Kier alpha value is -2.08. The van der Waals surface area contributed by atoms with Gasteiger partial charge in [0.1, 0.15) is 0 Å². The van der Waals surface area contributed by atoms with E-state index in [1.165, 1.54) is 0 Å². The first-order valence-corrected chi connectivity index (χ1v) is 8.72. The van der Waals surface area contributed by atoms with Crippen molar-refractivity contribution in [1.82, 2.24) is 15.5 Å². The minimum atomic E-state index is 0.0809. The molecule has 1 fully saturated rings. The fourth-order valence-electron chi connectivity index (χ4n) is 2.92. The first kappa shape index (κ1) is 18.3. The Kier molecular flexibility index (Phi) is 7.06. The summed E-state index contributed by atoms with van der Waals surface area (Å²) in [7, 11) is 1.76. The molecule has 1 amide bonds. The smallest absolute Gasteiger partial charge is 0.229 e. The molecule has 0 aliphatic carbocycles. The van der Waals surface area contributed by atoms with E-state index in [9.17, 15) is 4.79 Å². The van der Waals surface area contributed by atoms with Crippen LogP contribution >= 0.6 is 0 Å². The minimum Gasteiger partial charge on any atom is -0.355 e. The Morgan fingerprint density at radius 2 is 2.00 bits per heavy atom. The molecule has 1 heterocycles. The van der Waals surface area contributed by atoms with Gasteiger partial charge in [0.2, 0.25) is 5.91 Å². The van der Waals surface area contributed by atoms with Gasteiger partial charge in [0.05, 0.1) is 6.04 Å². The lowest BCUT2D eigenvalue weighted by atomic mass is 10.2. The molecule has 2 N–H and O–H groups in total. The number of hydrogen-bond donors (Lipinski definition) is 2. The molecule has 1 unspecified atom stereocenters. The lowest BCUT2D eigenvalue weighted by molar-refractivity contribution is -0.117. The van der Waals surface area contributed by atoms with Gasteiger partial charge in [0.15, 0.2) is 5.96 Å². The average molecular weight is 331 g/mol. The SMILES string of the molecule is CCN(CC)CCNC(=NC)NC1CC(=O)N(c2ccccc2)C1. The molecule has 1 aliphatic heterocycles. The molecule has 24 heavy (non-hydrogen) atoms. The Morgan fingerprint density at radius 1 is 1.29 bits per heavy atom. The quantitative estimate of drug-likeness (QED) is 0.584. The lowest BCUT2D eigenvalue weighted by Gasteiger charge is -2.21. The first-order chi connectivity index (χ1) is 11.7. The third kappa shape index (κ3) is 4.96. The van der Waals surface area contributed by atoms with Gasteiger partial charge >= 0.3 is 0 Å². The fraction of sp³-hybridized carbons (Fsp3) is 0.556. The second-order valence-corrected chi connectivity index (χ2v) is 5.91. The van der Waals surface area contributed by atoms with Crippen molar-refractivity contribution in [3.8, 4) is 0 Å². The van der Waals surface area contributed by atoms with Crippen molar-refractivity contribution in [2.75, 3.05) is 44.7 Å². The number of aliphatic imine (C=N–C) groups is 1. The maximum atomic E-state index is 12.3. The molecule has 0 bridgehead atoms. The van der Waals surface area contributed by atoms with E-state index in [0.717, 1.165) is 37.8 Å². The number of nitrogens with one attached hydrogen (secondary N) is 2. The number of rotatable bonds is 7. The number of likely N-dealkylation sites (N-methyl/N-ethyl adjacent to an activating group) is 1. The molecular weight excluding hydrogens is 302 g/mol. The first-order valence-electron chi connectivity index (χ1n) is 8.72. The van der Waals surface area contributed by atoms with Crippen molar-refractivity contribution in [1.29, 1.82) is 0 Å². The standard InChI is InChI=1S/C18H29N5O/c1-4-22(5-2)12-11-20-18(19-3)21-15-13-17(24)23(14-15)16-9-7-6-8-10-16/h6-10,15H,4-5,11-14H2,1-3H3,(H2,19,20,21). The predicted octanol–water partition coefficient (Wildman–Crippen LogP) is 1.30. The highest BCUT2D eigenvalue weighted by atomic mass is 16.2. The van der Waals surface area contributed by atoms with Crippen LogP contribution in [0, 0.1) is 0 Å². The summed E-state index contributed by atoms with van der Waals surface area (Å²) >= 11 is 0. The average Bonchev–Trinajstić information content (AvgIpc) is 2.98. The van der Waals surface area contributed by atoms with Gasteiger partial charge in [-0.05, 0) is 25.2 Å². The van der Waals surface area contributed by atoms with Crippen LogP contribution in [-0.2, 0) is 4.79 Å². The number of benzene rings is 1. The normalized spacial score (nSPS) is 18.3. The number of nitrogens with zero attached hydrogens (tertiary/aromatic N) is 3. The number of hydrogen-bond acceptors (Lipinski definition) is 3. The molecule has 0 aromatic heterocycles. The number of carbonyl (C=O) groups excluding carboxylic acids is 1. The highest BCUT2D eigenvalue weighted by molar-refractivity contribution is 5.97. The molecule has 1 atom stereocenters. The molecule has 132 valence electrons. The molecule has 6 heteroatoms. The second kappa shape index (κ2) is 9.27. The molecule has 1 saturated heterocycles. The molecule has 6 nitrogen and oxygen atoms in total. The van der Waals surface area contributed by atoms with Gasteiger partial charge in [0, 0.05) is 38.8 Å². The van der Waals surface area contributed by atoms with E-state index in [0.29, 0.717) is 13.0 Å². The molecule has 0 spiro atoms. The Labute approximate surface area is 144 Å². The summed E-state index contributed by atoms with van der Waals surface area (Å²) in [4.78, 5) is 20.7. The largest absolute Gasteiger partial charge is 0.355 e. The zero-order valence-electron chi connectivity index (χ0n) is 15.0. The van der Waals surface area contributed by atoms with Crippen LogP contribution in [0.25, 0.3) is 0 Å². The van der Waals surface area contributed by atoms with Crippen molar-refractivity contribution in [3.63, 3.8) is 0 Å². The lowest BCUT2D eigenvalue weighted by Crippen LogP contribution is -2.46. The molecular formula is C18H29N5O. The van der Waals surface area contributed by atoms with E-state index in [1.54, 1.807) is 7.05 Å². The van der Waals surface area contributed by atoms with E-state index in [4.69, 9.17) is 0 Å². The Bertz CT molecular complexity index is 542. The van der Waals surface area contributed by atoms with Crippen LogP contribution < -0.4 is 15.5 Å². The molecule has 1 aromatic carbocycles. The van der Waals surface area contributed by atoms with Crippen molar-refractivity contribution in [2.24, 2.45) is 4.99 Å². The van der Waals surface area contributed by atoms with Crippen LogP contribution in [0.2, 0.25) is 0 Å². The number of guanidine groups is 1. The summed E-state index contributed by atoms with van der Waals surface area (Å²) in [5.74, 6) is 0.909. The van der Waals surface area contributed by atoms with E-state index < -0.39 is 0 Å². The summed E-state index contributed by atoms with van der Waals surface area (Å²) in [5.41, 5.74) is 0.955. The Balaban J connectivity index is 1.83. The van der Waals surface area contributed by atoms with Gasteiger partial charge in [-0.1, -0.05) is 32.0 Å². The summed E-state index contributed by atoms with van der Waals surface area (Å²) in [5, 5.41) is 6.70. The maximum absolute atomic E-state index is 12.3.